The lowest BCUT2D eigenvalue weighted by Crippen LogP contribution is -2.20. The summed E-state index contributed by atoms with van der Waals surface area (Å²) in [6, 6.07) is 7.53. The molecule has 0 saturated carbocycles. The number of carbonyl (C=O) groups is 1. The van der Waals surface area contributed by atoms with Crippen LogP contribution in [0.1, 0.15) is 27.0 Å². The maximum absolute atomic E-state index is 12.4. The van der Waals surface area contributed by atoms with Gasteiger partial charge in [0.15, 0.2) is 0 Å². The van der Waals surface area contributed by atoms with Gasteiger partial charge in [-0.2, -0.15) is 34.8 Å². The van der Waals surface area contributed by atoms with Crippen molar-refractivity contribution in [3.63, 3.8) is 0 Å². The number of carbonyl (C=O) groups excluding carboxylic acids is 1. The van der Waals surface area contributed by atoms with Crippen LogP contribution >= 0.6 is 0 Å². The molecule has 0 aliphatic carbocycles. The van der Waals surface area contributed by atoms with Gasteiger partial charge in [0.2, 0.25) is 5.91 Å². The van der Waals surface area contributed by atoms with Gasteiger partial charge in [-0.05, 0) is 30.3 Å². The summed E-state index contributed by atoms with van der Waals surface area (Å²) in [6.45, 7) is 0. The number of rotatable bonds is 4. The molecule has 0 atom stereocenters. The lowest BCUT2D eigenvalue weighted by Gasteiger charge is -2.14. The molecule has 31 heavy (non-hydrogen) atoms. The first-order chi connectivity index (χ1) is 14.1. The molecule has 3 N–H and O–H groups in total. The van der Waals surface area contributed by atoms with E-state index < -0.39 is 45.1 Å². The summed E-state index contributed by atoms with van der Waals surface area (Å²) in [5.74, 6) is -0.890. The topological polar surface area (TPSA) is 107 Å². The summed E-state index contributed by atoms with van der Waals surface area (Å²) < 4.78 is 108. The van der Waals surface area contributed by atoms with E-state index in [0.29, 0.717) is 28.9 Å². The van der Waals surface area contributed by atoms with Crippen LogP contribution in [0.15, 0.2) is 47.9 Å². The summed E-state index contributed by atoms with van der Waals surface area (Å²) >= 11 is 0. The number of nitrogens with two attached hydrogens (primary N) is 1. The fourth-order valence-electron chi connectivity index (χ4n) is 2.13. The Labute approximate surface area is 172 Å². The minimum Gasteiger partial charge on any atom is -0.496 e. The number of benzene rings is 2. The third-order valence-corrected chi connectivity index (χ3v) is 3.96. The minimum absolute atomic E-state index is 0.139. The predicted octanol–water partition coefficient (Wildman–Crippen LogP) is 4.38. The van der Waals surface area contributed by atoms with Crippen molar-refractivity contribution in [1.82, 2.24) is 0 Å². The zero-order valence-corrected chi connectivity index (χ0v) is 16.3. The lowest BCUT2D eigenvalue weighted by molar-refractivity contribution is -0.143. The normalized spacial score (nSPS) is 12.3. The van der Waals surface area contributed by atoms with E-state index in [9.17, 15) is 39.6 Å². The number of methoxy groups -OCH3 is 1. The third kappa shape index (κ3) is 8.30. The van der Waals surface area contributed by atoms with Gasteiger partial charge >= 0.3 is 12.4 Å². The van der Waals surface area contributed by atoms with Crippen LogP contribution in [0.2, 0.25) is 0 Å². The van der Waals surface area contributed by atoms with Gasteiger partial charge in [0, 0.05) is 5.56 Å². The predicted molar refractivity (Wildman–Crippen MR) is 98.5 cm³/mol. The van der Waals surface area contributed by atoms with Gasteiger partial charge < -0.3 is 10.5 Å². The summed E-state index contributed by atoms with van der Waals surface area (Å²) in [7, 11) is -2.60. The molecule has 0 unspecified atom stereocenters. The largest absolute Gasteiger partial charge is 0.496 e. The van der Waals surface area contributed by atoms with Gasteiger partial charge in [-0.3, -0.25) is 9.35 Å². The molecule has 0 heterocycles. The molecule has 2 aromatic rings. The molecule has 0 aliphatic rings. The zero-order chi connectivity index (χ0) is 24.0. The highest BCUT2D eigenvalue weighted by molar-refractivity contribution is 7.88. The number of primary amides is 1. The molecule has 0 saturated heterocycles. The van der Waals surface area contributed by atoms with Gasteiger partial charge in [0.1, 0.15) is 5.75 Å². The number of hydrogen-bond acceptors (Lipinski definition) is 4. The first-order valence-electron chi connectivity index (χ1n) is 7.93. The van der Waals surface area contributed by atoms with Gasteiger partial charge in [-0.15, -0.1) is 0 Å². The van der Waals surface area contributed by atoms with E-state index in [2.05, 4.69) is 5.73 Å². The van der Waals surface area contributed by atoms with Crippen LogP contribution in [0, 0.1) is 0 Å². The van der Waals surface area contributed by atoms with Crippen molar-refractivity contribution in [2.24, 2.45) is 5.73 Å². The molecule has 0 radical (unpaired) electrons. The molecule has 170 valence electrons. The number of para-hydroxylation sites is 1. The first-order valence-corrected chi connectivity index (χ1v) is 9.43. The Hall–Kier alpha value is -3.06. The fraction of sp³-hybridized carbons (Fsp3) is 0.167. The van der Waals surface area contributed by atoms with Gasteiger partial charge in [0.05, 0.1) is 29.2 Å². The number of halogens is 6. The summed E-state index contributed by atoms with van der Waals surface area (Å²) in [5.41, 5.74) is 1.06. The minimum atomic E-state index is -5.08. The molecular formula is C18H15F6NO5S. The van der Waals surface area contributed by atoms with Crippen LogP contribution in [0.5, 0.6) is 5.75 Å². The number of ether oxygens (including phenoxy) is 1. The zero-order valence-electron chi connectivity index (χ0n) is 15.5. The second kappa shape index (κ2) is 9.83. The molecule has 13 heteroatoms. The SMILES string of the molecule is COc1ccccc1/C=C/S(=O)(=O)O.NC(=O)c1ccc(C(F)(F)F)cc1C(F)(F)F. The van der Waals surface area contributed by atoms with Crippen molar-refractivity contribution in [2.75, 3.05) is 7.11 Å². The van der Waals surface area contributed by atoms with Crippen molar-refractivity contribution < 1.29 is 48.8 Å². The highest BCUT2D eigenvalue weighted by atomic mass is 32.2. The van der Waals surface area contributed by atoms with Crippen molar-refractivity contribution >= 4 is 22.1 Å². The Morgan fingerprint density at radius 3 is 2.06 bits per heavy atom. The first kappa shape index (κ1) is 26.0. The lowest BCUT2D eigenvalue weighted by atomic mass is 10.0. The van der Waals surface area contributed by atoms with E-state index in [1.807, 2.05) is 0 Å². The van der Waals surface area contributed by atoms with E-state index in [1.165, 1.54) is 13.2 Å². The van der Waals surface area contributed by atoms with Crippen LogP contribution < -0.4 is 10.5 Å². The summed E-state index contributed by atoms with van der Waals surface area (Å²) in [5, 5.41) is 0.713. The average Bonchev–Trinajstić information content (AvgIpc) is 2.64. The maximum atomic E-state index is 12.4. The Morgan fingerprint density at radius 2 is 1.61 bits per heavy atom. The van der Waals surface area contributed by atoms with Crippen LogP contribution in [0.3, 0.4) is 0 Å². The van der Waals surface area contributed by atoms with Crippen molar-refractivity contribution in [2.45, 2.75) is 12.4 Å². The Bertz CT molecular complexity index is 1060. The molecule has 0 aliphatic heterocycles. The van der Waals surface area contributed by atoms with Crippen LogP contribution in [-0.4, -0.2) is 26.0 Å². The second-order valence-electron chi connectivity index (χ2n) is 5.68. The van der Waals surface area contributed by atoms with E-state index in [-0.39, 0.29) is 6.07 Å². The monoisotopic (exact) mass is 471 g/mol. The highest BCUT2D eigenvalue weighted by Crippen LogP contribution is 2.37. The smallest absolute Gasteiger partial charge is 0.417 e. The number of alkyl halides is 6. The van der Waals surface area contributed by atoms with E-state index in [1.54, 1.807) is 24.3 Å². The quantitative estimate of drug-likeness (QED) is 0.509. The molecule has 6 nitrogen and oxygen atoms in total. The molecule has 0 fully saturated rings. The Balaban J connectivity index is 0.000000316. The van der Waals surface area contributed by atoms with Crippen LogP contribution in [-0.2, 0) is 22.5 Å². The Kier molecular flexibility index (Phi) is 8.24. The van der Waals surface area contributed by atoms with Crippen LogP contribution in [0.4, 0.5) is 26.3 Å². The maximum Gasteiger partial charge on any atom is 0.417 e. The Morgan fingerprint density at radius 1 is 1.03 bits per heavy atom. The van der Waals surface area contributed by atoms with Gasteiger partial charge in [-0.25, -0.2) is 0 Å². The summed E-state index contributed by atoms with van der Waals surface area (Å²) in [4.78, 5) is 10.7. The molecule has 1 amide bonds. The second-order valence-corrected chi connectivity index (χ2v) is 6.98. The van der Waals surface area contributed by atoms with Gasteiger partial charge in [-0.1, -0.05) is 18.2 Å². The number of amides is 1. The number of hydrogen-bond donors (Lipinski definition) is 2. The van der Waals surface area contributed by atoms with E-state index in [0.717, 1.165) is 0 Å². The van der Waals surface area contributed by atoms with E-state index >= 15 is 0 Å². The van der Waals surface area contributed by atoms with E-state index in [4.69, 9.17) is 9.29 Å². The fourth-order valence-corrected chi connectivity index (χ4v) is 2.45. The highest BCUT2D eigenvalue weighted by Gasteiger charge is 2.39. The van der Waals surface area contributed by atoms with Crippen molar-refractivity contribution in [3.8, 4) is 5.75 Å². The average molecular weight is 471 g/mol. The van der Waals surface area contributed by atoms with Crippen LogP contribution in [0.25, 0.3) is 6.08 Å². The van der Waals surface area contributed by atoms with Crippen molar-refractivity contribution in [3.05, 3.63) is 70.1 Å². The van der Waals surface area contributed by atoms with Gasteiger partial charge in [0.25, 0.3) is 10.1 Å². The molecule has 0 aromatic heterocycles. The molecule has 2 aromatic carbocycles. The standard InChI is InChI=1S/C9H5F6NO.C9H10O4S/c10-8(11,12)4-1-2-5(7(16)17)6(3-4)9(13,14)15;1-13-9-5-3-2-4-8(9)6-7-14(10,11)12/h1-3H,(H2,16,17);2-7H,1H3,(H,10,11,12)/b;7-6+. The molecule has 0 spiro atoms. The summed E-state index contributed by atoms with van der Waals surface area (Å²) in [6.07, 6.45) is -8.73. The third-order valence-electron chi connectivity index (χ3n) is 3.48. The molecular weight excluding hydrogens is 456 g/mol. The molecule has 2 rings (SSSR count). The van der Waals surface area contributed by atoms with Crippen molar-refractivity contribution in [1.29, 1.82) is 0 Å². The molecule has 0 bridgehead atoms.